The summed E-state index contributed by atoms with van der Waals surface area (Å²) >= 11 is 1.41. The van der Waals surface area contributed by atoms with E-state index in [1.54, 1.807) is 0 Å². The fourth-order valence-corrected chi connectivity index (χ4v) is 2.45. The van der Waals surface area contributed by atoms with E-state index in [0.29, 0.717) is 22.6 Å². The molecule has 0 bridgehead atoms. The topological polar surface area (TPSA) is 20.2 Å². The van der Waals surface area contributed by atoms with E-state index in [1.165, 1.54) is 17.8 Å². The molecule has 0 amide bonds. The largest absolute Gasteiger partial charge is 0.388 e. The zero-order chi connectivity index (χ0) is 9.42. The number of benzene rings is 1. The van der Waals surface area contributed by atoms with Crippen LogP contribution >= 0.6 is 11.8 Å². The highest BCUT2D eigenvalue weighted by Crippen LogP contribution is 2.33. The molecule has 1 aromatic carbocycles. The second kappa shape index (κ2) is 3.27. The fraction of sp³-hybridized carbons (Fsp3) is 0.333. The minimum absolute atomic E-state index is 0.309. The molecule has 2 rings (SSSR count). The first-order chi connectivity index (χ1) is 6.20. The quantitative estimate of drug-likeness (QED) is 0.696. The maximum Gasteiger partial charge on any atom is 0.163 e. The van der Waals surface area contributed by atoms with Crippen LogP contribution in [0.25, 0.3) is 0 Å². The molecule has 0 aromatic heterocycles. The van der Waals surface area contributed by atoms with Gasteiger partial charge in [0, 0.05) is 17.1 Å². The van der Waals surface area contributed by atoms with Crippen molar-refractivity contribution in [2.75, 3.05) is 5.75 Å². The molecule has 4 heteroatoms. The number of halogens is 2. The molecule has 1 aliphatic heterocycles. The van der Waals surface area contributed by atoms with Crippen molar-refractivity contribution in [1.82, 2.24) is 0 Å². The van der Waals surface area contributed by atoms with Gasteiger partial charge in [0.1, 0.15) is 0 Å². The van der Waals surface area contributed by atoms with Crippen molar-refractivity contribution in [3.05, 3.63) is 34.9 Å². The lowest BCUT2D eigenvalue weighted by atomic mass is 10.0. The number of aliphatic hydroxyl groups excluding tert-OH is 1. The molecule has 0 saturated carbocycles. The van der Waals surface area contributed by atoms with Crippen LogP contribution in [0.3, 0.4) is 0 Å². The lowest BCUT2D eigenvalue weighted by Gasteiger charge is -2.21. The number of thioether (sulfide) groups is 1. The third-order valence-electron chi connectivity index (χ3n) is 2.11. The molecule has 0 radical (unpaired) electrons. The van der Waals surface area contributed by atoms with Crippen molar-refractivity contribution >= 4 is 11.8 Å². The van der Waals surface area contributed by atoms with E-state index >= 15 is 0 Å². The smallest absolute Gasteiger partial charge is 0.163 e. The lowest BCUT2D eigenvalue weighted by Crippen LogP contribution is -2.12. The first-order valence-electron chi connectivity index (χ1n) is 3.92. The fourth-order valence-electron chi connectivity index (χ4n) is 1.43. The lowest BCUT2D eigenvalue weighted by molar-refractivity contribution is 0.200. The highest BCUT2D eigenvalue weighted by Gasteiger charge is 2.22. The third-order valence-corrected chi connectivity index (χ3v) is 3.16. The van der Waals surface area contributed by atoms with E-state index in [0.717, 1.165) is 6.07 Å². The second-order valence-electron chi connectivity index (χ2n) is 2.96. The van der Waals surface area contributed by atoms with Gasteiger partial charge < -0.3 is 5.11 Å². The summed E-state index contributed by atoms with van der Waals surface area (Å²) in [6.45, 7) is 0. The maximum absolute atomic E-state index is 13.2. The highest BCUT2D eigenvalue weighted by atomic mass is 32.2. The van der Waals surface area contributed by atoms with Gasteiger partial charge >= 0.3 is 0 Å². The summed E-state index contributed by atoms with van der Waals surface area (Å²) in [6, 6.07) is 2.52. The first kappa shape index (κ1) is 8.97. The Labute approximate surface area is 78.8 Å². The van der Waals surface area contributed by atoms with Gasteiger partial charge in [-0.3, -0.25) is 0 Å². The van der Waals surface area contributed by atoms with Crippen molar-refractivity contribution < 1.29 is 13.9 Å². The molecule has 0 spiro atoms. The average molecular weight is 202 g/mol. The van der Waals surface area contributed by atoms with E-state index in [9.17, 15) is 13.9 Å². The molecular formula is C9H8F2OS. The van der Waals surface area contributed by atoms with E-state index in [-0.39, 0.29) is 0 Å². The van der Waals surface area contributed by atoms with Crippen LogP contribution in [-0.2, 0) is 5.75 Å². The average Bonchev–Trinajstić information content (AvgIpc) is 2.12. The van der Waals surface area contributed by atoms with Crippen molar-refractivity contribution in [2.45, 2.75) is 11.9 Å². The maximum atomic E-state index is 13.2. The number of fused-ring (bicyclic) bond motifs is 1. The predicted octanol–water partition coefficient (Wildman–Crippen LogP) is 2.25. The molecule has 1 aromatic rings. The SMILES string of the molecule is OC1CSCc2c1ccc(F)c2F. The van der Waals surface area contributed by atoms with Crippen molar-refractivity contribution in [3.63, 3.8) is 0 Å². The molecule has 13 heavy (non-hydrogen) atoms. The summed E-state index contributed by atoms with van der Waals surface area (Å²) in [5.41, 5.74) is 0.835. The molecule has 0 aliphatic carbocycles. The summed E-state index contributed by atoms with van der Waals surface area (Å²) in [6.07, 6.45) is -0.663. The molecule has 1 aliphatic rings. The minimum Gasteiger partial charge on any atom is -0.388 e. The van der Waals surface area contributed by atoms with Crippen LogP contribution in [0.5, 0.6) is 0 Å². The molecule has 1 unspecified atom stereocenters. The Kier molecular flexibility index (Phi) is 2.26. The van der Waals surface area contributed by atoms with Crippen LogP contribution in [0.4, 0.5) is 8.78 Å². The number of hydrogen-bond acceptors (Lipinski definition) is 2. The Morgan fingerprint density at radius 1 is 1.38 bits per heavy atom. The van der Waals surface area contributed by atoms with Crippen molar-refractivity contribution in [3.8, 4) is 0 Å². The van der Waals surface area contributed by atoms with Gasteiger partial charge in [-0.2, -0.15) is 11.8 Å². The van der Waals surface area contributed by atoms with Gasteiger partial charge in [0.25, 0.3) is 0 Å². The first-order valence-corrected chi connectivity index (χ1v) is 5.08. The van der Waals surface area contributed by atoms with E-state index < -0.39 is 17.7 Å². The zero-order valence-corrected chi connectivity index (χ0v) is 7.57. The summed E-state index contributed by atoms with van der Waals surface area (Å²) in [5, 5.41) is 9.47. The normalized spacial score (nSPS) is 21.3. The van der Waals surface area contributed by atoms with E-state index in [1.807, 2.05) is 0 Å². The van der Waals surface area contributed by atoms with E-state index in [2.05, 4.69) is 0 Å². The Morgan fingerprint density at radius 3 is 2.92 bits per heavy atom. The molecule has 1 nitrogen and oxygen atoms in total. The molecular weight excluding hydrogens is 194 g/mol. The number of rotatable bonds is 0. The van der Waals surface area contributed by atoms with Gasteiger partial charge in [-0.05, 0) is 11.6 Å². The third kappa shape index (κ3) is 1.44. The summed E-state index contributed by atoms with van der Waals surface area (Å²) in [7, 11) is 0. The number of hydrogen-bond donors (Lipinski definition) is 1. The van der Waals surface area contributed by atoms with E-state index in [4.69, 9.17) is 0 Å². The summed E-state index contributed by atoms with van der Waals surface area (Å²) in [5.74, 6) is -0.661. The monoisotopic (exact) mass is 202 g/mol. The Bertz CT molecular complexity index is 341. The Hall–Kier alpha value is -0.610. The van der Waals surface area contributed by atoms with Crippen LogP contribution in [0.15, 0.2) is 12.1 Å². The van der Waals surface area contributed by atoms with Crippen molar-refractivity contribution in [1.29, 1.82) is 0 Å². The van der Waals surface area contributed by atoms with Crippen LogP contribution in [0.1, 0.15) is 17.2 Å². The Morgan fingerprint density at radius 2 is 2.15 bits per heavy atom. The van der Waals surface area contributed by atoms with Crippen LogP contribution in [0, 0.1) is 11.6 Å². The Balaban J connectivity index is 2.56. The van der Waals surface area contributed by atoms with Crippen LogP contribution < -0.4 is 0 Å². The van der Waals surface area contributed by atoms with Gasteiger partial charge in [-0.25, -0.2) is 8.78 Å². The zero-order valence-electron chi connectivity index (χ0n) is 6.76. The van der Waals surface area contributed by atoms with Gasteiger partial charge in [-0.1, -0.05) is 6.07 Å². The van der Waals surface area contributed by atoms with Crippen LogP contribution in [-0.4, -0.2) is 10.9 Å². The second-order valence-corrected chi connectivity index (χ2v) is 3.99. The molecule has 1 atom stereocenters. The molecule has 1 N–H and O–H groups in total. The minimum atomic E-state index is -0.839. The molecule has 70 valence electrons. The molecule has 0 fully saturated rings. The molecule has 0 saturated heterocycles. The summed E-state index contributed by atoms with van der Waals surface area (Å²) in [4.78, 5) is 0. The summed E-state index contributed by atoms with van der Waals surface area (Å²) < 4.78 is 25.9. The van der Waals surface area contributed by atoms with Gasteiger partial charge in [0.15, 0.2) is 11.6 Å². The van der Waals surface area contributed by atoms with Crippen LogP contribution in [0.2, 0.25) is 0 Å². The van der Waals surface area contributed by atoms with Gasteiger partial charge in [-0.15, -0.1) is 0 Å². The standard InChI is InChI=1S/C9H8F2OS/c10-7-2-1-5-6(9(7)11)3-13-4-8(5)12/h1-2,8,12H,3-4H2. The molecule has 1 heterocycles. The predicted molar refractivity (Wildman–Crippen MR) is 47.5 cm³/mol. The van der Waals surface area contributed by atoms with Crippen molar-refractivity contribution in [2.24, 2.45) is 0 Å². The van der Waals surface area contributed by atoms with Gasteiger partial charge in [0.2, 0.25) is 0 Å². The highest BCUT2D eigenvalue weighted by molar-refractivity contribution is 7.98. The number of aliphatic hydroxyl groups is 1. The van der Waals surface area contributed by atoms with Gasteiger partial charge in [0.05, 0.1) is 6.10 Å².